The van der Waals surface area contributed by atoms with E-state index in [4.69, 9.17) is 4.74 Å². The molecule has 0 saturated carbocycles. The van der Waals surface area contributed by atoms with Crippen molar-refractivity contribution in [3.8, 4) is 0 Å². The Hall–Kier alpha value is -2.15. The number of rotatable bonds is 8. The minimum absolute atomic E-state index is 0.00458. The molecule has 3 amide bonds. The van der Waals surface area contributed by atoms with Crippen molar-refractivity contribution in [2.45, 2.75) is 19.4 Å². The second-order valence-corrected chi connectivity index (χ2v) is 5.35. The van der Waals surface area contributed by atoms with Crippen LogP contribution in [0.25, 0.3) is 0 Å². The number of amides is 3. The van der Waals surface area contributed by atoms with Gasteiger partial charge in [0.1, 0.15) is 12.4 Å². The van der Waals surface area contributed by atoms with E-state index in [1.165, 1.54) is 12.1 Å². The summed E-state index contributed by atoms with van der Waals surface area (Å²) in [4.78, 5) is 25.3. The maximum Gasteiger partial charge on any atom is 0.317 e. The summed E-state index contributed by atoms with van der Waals surface area (Å²) in [6.07, 6.45) is 0.472. The summed E-state index contributed by atoms with van der Waals surface area (Å²) in [7, 11) is 0. The Morgan fingerprint density at radius 3 is 3.00 bits per heavy atom. The third-order valence-corrected chi connectivity index (χ3v) is 3.66. The second kappa shape index (κ2) is 8.47. The van der Waals surface area contributed by atoms with Crippen molar-refractivity contribution in [3.63, 3.8) is 0 Å². The molecule has 1 aromatic rings. The van der Waals surface area contributed by atoms with Crippen molar-refractivity contribution < 1.29 is 18.7 Å². The Kier molecular flexibility index (Phi) is 6.34. The highest BCUT2D eigenvalue weighted by Gasteiger charge is 2.28. The van der Waals surface area contributed by atoms with E-state index in [0.29, 0.717) is 32.7 Å². The quantitative estimate of drug-likeness (QED) is 0.747. The van der Waals surface area contributed by atoms with Crippen LogP contribution in [-0.4, -0.2) is 55.7 Å². The lowest BCUT2D eigenvalue weighted by Gasteiger charge is -2.27. The van der Waals surface area contributed by atoms with Gasteiger partial charge in [0.25, 0.3) is 0 Å². The summed E-state index contributed by atoms with van der Waals surface area (Å²) >= 11 is 0. The average molecular weight is 323 g/mol. The fraction of sp³-hybridized carbons (Fsp3) is 0.500. The van der Waals surface area contributed by atoms with E-state index < -0.39 is 0 Å². The first-order valence-corrected chi connectivity index (χ1v) is 7.73. The lowest BCUT2D eigenvalue weighted by Crippen LogP contribution is -2.47. The number of ether oxygens (including phenoxy) is 1. The third kappa shape index (κ3) is 5.21. The molecule has 0 radical (unpaired) electrons. The van der Waals surface area contributed by atoms with Gasteiger partial charge in [-0.2, -0.15) is 0 Å². The van der Waals surface area contributed by atoms with Crippen LogP contribution in [0.15, 0.2) is 24.3 Å². The lowest BCUT2D eigenvalue weighted by atomic mass is 10.0. The van der Waals surface area contributed by atoms with Crippen LogP contribution in [0, 0.1) is 5.82 Å². The highest BCUT2D eigenvalue weighted by atomic mass is 19.1. The molecule has 126 valence electrons. The fourth-order valence-electron chi connectivity index (χ4n) is 2.54. The van der Waals surface area contributed by atoms with Gasteiger partial charge >= 0.3 is 6.03 Å². The summed E-state index contributed by atoms with van der Waals surface area (Å²) in [6, 6.07) is 5.88. The van der Waals surface area contributed by atoms with Crippen LogP contribution in [0.2, 0.25) is 0 Å². The molecular formula is C16H22FN3O3. The molecule has 23 heavy (non-hydrogen) atoms. The molecule has 0 bridgehead atoms. The molecule has 1 aliphatic heterocycles. The molecule has 1 atom stereocenters. The summed E-state index contributed by atoms with van der Waals surface area (Å²) in [5.74, 6) is -0.539. The molecule has 6 nitrogen and oxygen atoms in total. The van der Waals surface area contributed by atoms with Crippen LogP contribution in [0.5, 0.6) is 0 Å². The Labute approximate surface area is 135 Å². The molecule has 7 heteroatoms. The van der Waals surface area contributed by atoms with E-state index in [1.807, 2.05) is 13.0 Å². The summed E-state index contributed by atoms with van der Waals surface area (Å²) < 4.78 is 18.4. The highest BCUT2D eigenvalue weighted by molar-refractivity contribution is 5.78. The molecule has 0 spiro atoms. The molecule has 1 fully saturated rings. The van der Waals surface area contributed by atoms with E-state index in [-0.39, 0.29) is 30.4 Å². The number of carbonyl (C=O) groups excluding carboxylic acids is 2. The third-order valence-electron chi connectivity index (χ3n) is 3.66. The minimum Gasteiger partial charge on any atom is -0.372 e. The first-order valence-electron chi connectivity index (χ1n) is 7.73. The number of halogens is 1. The zero-order valence-corrected chi connectivity index (χ0v) is 13.2. The first-order chi connectivity index (χ1) is 11.1. The number of hydrogen-bond donors (Lipinski definition) is 2. The van der Waals surface area contributed by atoms with Gasteiger partial charge < -0.3 is 20.3 Å². The first kappa shape index (κ1) is 17.2. The molecule has 1 aromatic carbocycles. The number of benzene rings is 1. The van der Waals surface area contributed by atoms with Crippen LogP contribution in [0.1, 0.15) is 12.5 Å². The largest absolute Gasteiger partial charge is 0.372 e. The maximum absolute atomic E-state index is 13.3. The molecule has 1 heterocycles. The summed E-state index contributed by atoms with van der Waals surface area (Å²) in [6.45, 7) is 3.72. The van der Waals surface area contributed by atoms with E-state index in [9.17, 15) is 14.0 Å². The standard InChI is InChI=1S/C16H22FN3O3/c1-2-23-11-15(21)19-10-14(20-7-6-18-16(20)22)9-12-4-3-5-13(17)8-12/h3-5,8,14H,2,6-7,9-11H2,1H3,(H,18,22)(H,19,21)/t14-/m0/s1. The molecule has 0 unspecified atom stereocenters. The monoisotopic (exact) mass is 323 g/mol. The minimum atomic E-state index is -0.312. The van der Waals surface area contributed by atoms with Gasteiger partial charge in [-0.3, -0.25) is 4.79 Å². The van der Waals surface area contributed by atoms with Crippen molar-refractivity contribution in [1.82, 2.24) is 15.5 Å². The van der Waals surface area contributed by atoms with Gasteiger partial charge in [-0.1, -0.05) is 12.1 Å². The van der Waals surface area contributed by atoms with E-state index in [2.05, 4.69) is 10.6 Å². The van der Waals surface area contributed by atoms with Crippen molar-refractivity contribution in [2.24, 2.45) is 0 Å². The van der Waals surface area contributed by atoms with Crippen molar-refractivity contribution in [3.05, 3.63) is 35.6 Å². The van der Waals surface area contributed by atoms with Gasteiger partial charge in [-0.05, 0) is 31.0 Å². The van der Waals surface area contributed by atoms with Crippen molar-refractivity contribution in [2.75, 3.05) is 32.8 Å². The van der Waals surface area contributed by atoms with E-state index in [1.54, 1.807) is 11.0 Å². The second-order valence-electron chi connectivity index (χ2n) is 5.35. The van der Waals surface area contributed by atoms with Gasteiger partial charge in [-0.15, -0.1) is 0 Å². The molecule has 2 N–H and O–H groups in total. The van der Waals surface area contributed by atoms with Crippen molar-refractivity contribution in [1.29, 1.82) is 0 Å². The average Bonchev–Trinajstić information content (AvgIpc) is 2.95. The predicted octanol–water partition coefficient (Wildman–Crippen LogP) is 0.915. The van der Waals surface area contributed by atoms with Crippen LogP contribution >= 0.6 is 0 Å². The SMILES string of the molecule is CCOCC(=O)NC[C@H](Cc1cccc(F)c1)N1CCNC1=O. The van der Waals surface area contributed by atoms with Crippen molar-refractivity contribution >= 4 is 11.9 Å². The molecule has 1 aliphatic rings. The van der Waals surface area contributed by atoms with Crippen LogP contribution < -0.4 is 10.6 Å². The summed E-state index contributed by atoms with van der Waals surface area (Å²) in [5, 5.41) is 5.52. The zero-order chi connectivity index (χ0) is 16.7. The Morgan fingerprint density at radius 1 is 1.52 bits per heavy atom. The molecule has 0 aromatic heterocycles. The number of nitrogens with zero attached hydrogens (tertiary/aromatic N) is 1. The Bertz CT molecular complexity index is 553. The highest BCUT2D eigenvalue weighted by Crippen LogP contribution is 2.12. The zero-order valence-electron chi connectivity index (χ0n) is 13.2. The van der Waals surface area contributed by atoms with Gasteiger partial charge in [0, 0.05) is 26.2 Å². The van der Waals surface area contributed by atoms with Gasteiger partial charge in [0.05, 0.1) is 6.04 Å². The lowest BCUT2D eigenvalue weighted by molar-refractivity contribution is -0.125. The number of carbonyl (C=O) groups is 2. The topological polar surface area (TPSA) is 70.7 Å². The summed E-state index contributed by atoms with van der Waals surface area (Å²) in [5.41, 5.74) is 0.786. The Morgan fingerprint density at radius 2 is 2.35 bits per heavy atom. The molecular weight excluding hydrogens is 301 g/mol. The number of nitrogens with one attached hydrogen (secondary N) is 2. The predicted molar refractivity (Wildman–Crippen MR) is 83.5 cm³/mol. The maximum atomic E-state index is 13.3. The normalized spacial score (nSPS) is 15.4. The molecule has 0 aliphatic carbocycles. The van der Waals surface area contributed by atoms with Gasteiger partial charge in [0.15, 0.2) is 0 Å². The van der Waals surface area contributed by atoms with Gasteiger partial charge in [-0.25, -0.2) is 9.18 Å². The van der Waals surface area contributed by atoms with Crippen LogP contribution in [0.3, 0.4) is 0 Å². The number of urea groups is 1. The number of hydrogen-bond acceptors (Lipinski definition) is 3. The van der Waals surface area contributed by atoms with Gasteiger partial charge in [0.2, 0.25) is 5.91 Å². The van der Waals surface area contributed by atoms with Crippen LogP contribution in [0.4, 0.5) is 9.18 Å². The Balaban J connectivity index is 2.00. The van der Waals surface area contributed by atoms with E-state index >= 15 is 0 Å². The smallest absolute Gasteiger partial charge is 0.317 e. The van der Waals surface area contributed by atoms with E-state index in [0.717, 1.165) is 5.56 Å². The van der Waals surface area contributed by atoms with Crippen LogP contribution in [-0.2, 0) is 16.0 Å². The fourth-order valence-corrected chi connectivity index (χ4v) is 2.54. The molecule has 2 rings (SSSR count). The molecule has 1 saturated heterocycles.